The lowest BCUT2D eigenvalue weighted by atomic mass is 10.2. The van der Waals surface area contributed by atoms with Crippen molar-refractivity contribution in [2.75, 3.05) is 32.7 Å². The topological polar surface area (TPSA) is 49.6 Å². The van der Waals surface area contributed by atoms with E-state index in [0.717, 1.165) is 42.4 Å². The lowest BCUT2D eigenvalue weighted by Gasteiger charge is -2.26. The number of likely N-dealkylation sites (N-methyl/N-ethyl adjacent to an activating group) is 1. The molecule has 2 rings (SSSR count). The second kappa shape index (κ2) is 7.60. The highest BCUT2D eigenvalue weighted by Crippen LogP contribution is 2.22. The first kappa shape index (κ1) is 16.0. The number of likely N-dealkylation sites (tertiary alicyclic amines) is 1. The van der Waals surface area contributed by atoms with E-state index in [4.69, 9.17) is 5.73 Å². The monoisotopic (exact) mass is 305 g/mol. The standard InChI is InChI=1S/C16H23N3OS/c1-3-18(4-2)13-9-11-19(12-13)16(20)15-8-7-14(21-15)6-5-10-17/h7-8,13H,3-4,9-12,17H2,1-2H3. The molecule has 21 heavy (non-hydrogen) atoms. The Bertz CT molecular complexity index is 539. The summed E-state index contributed by atoms with van der Waals surface area (Å²) in [4.78, 5) is 18.6. The Labute approximate surface area is 130 Å². The Morgan fingerprint density at radius 2 is 2.24 bits per heavy atom. The molecule has 1 saturated heterocycles. The van der Waals surface area contributed by atoms with Crippen molar-refractivity contribution in [3.8, 4) is 11.8 Å². The molecule has 1 unspecified atom stereocenters. The summed E-state index contributed by atoms with van der Waals surface area (Å²) >= 11 is 1.45. The van der Waals surface area contributed by atoms with Crippen LogP contribution in [0.2, 0.25) is 0 Å². The van der Waals surface area contributed by atoms with Crippen molar-refractivity contribution >= 4 is 17.2 Å². The molecule has 114 valence electrons. The minimum atomic E-state index is 0.135. The molecule has 2 heterocycles. The number of hydrogen-bond donors (Lipinski definition) is 1. The van der Waals surface area contributed by atoms with Crippen LogP contribution in [0, 0.1) is 11.8 Å². The zero-order chi connectivity index (χ0) is 15.2. The number of thiophene rings is 1. The van der Waals surface area contributed by atoms with Crippen LogP contribution < -0.4 is 5.73 Å². The molecule has 1 atom stereocenters. The summed E-state index contributed by atoms with van der Waals surface area (Å²) in [5.41, 5.74) is 5.36. The van der Waals surface area contributed by atoms with Crippen LogP contribution in [0.25, 0.3) is 0 Å². The summed E-state index contributed by atoms with van der Waals surface area (Å²) in [6.45, 7) is 8.47. The molecule has 0 radical (unpaired) electrons. The first-order valence-corrected chi connectivity index (χ1v) is 8.33. The summed E-state index contributed by atoms with van der Waals surface area (Å²) in [6.07, 6.45) is 1.07. The Balaban J connectivity index is 1.99. The third-order valence-electron chi connectivity index (χ3n) is 3.91. The van der Waals surface area contributed by atoms with Gasteiger partial charge in [0.15, 0.2) is 0 Å². The highest BCUT2D eigenvalue weighted by Gasteiger charge is 2.30. The fraction of sp³-hybridized carbons (Fsp3) is 0.562. The maximum Gasteiger partial charge on any atom is 0.264 e. The number of hydrogen-bond acceptors (Lipinski definition) is 4. The van der Waals surface area contributed by atoms with Crippen LogP contribution in [0.1, 0.15) is 34.8 Å². The number of carbonyl (C=O) groups is 1. The van der Waals surface area contributed by atoms with E-state index < -0.39 is 0 Å². The van der Waals surface area contributed by atoms with Gasteiger partial charge in [0.05, 0.1) is 16.3 Å². The number of nitrogens with two attached hydrogens (primary N) is 1. The largest absolute Gasteiger partial charge is 0.336 e. The summed E-state index contributed by atoms with van der Waals surface area (Å²) in [5, 5.41) is 0. The van der Waals surface area contributed by atoms with Gasteiger partial charge in [-0.3, -0.25) is 9.69 Å². The van der Waals surface area contributed by atoms with Gasteiger partial charge in [-0.1, -0.05) is 25.7 Å². The minimum Gasteiger partial charge on any atom is -0.336 e. The number of amides is 1. The Morgan fingerprint density at radius 1 is 1.48 bits per heavy atom. The van der Waals surface area contributed by atoms with Gasteiger partial charge in [0.1, 0.15) is 0 Å². The predicted molar refractivity (Wildman–Crippen MR) is 87.5 cm³/mol. The van der Waals surface area contributed by atoms with Gasteiger partial charge in [-0.05, 0) is 31.6 Å². The van der Waals surface area contributed by atoms with E-state index in [1.165, 1.54) is 11.3 Å². The molecular weight excluding hydrogens is 282 g/mol. The Hall–Kier alpha value is -1.35. The average molecular weight is 305 g/mol. The molecule has 4 nitrogen and oxygen atoms in total. The first-order chi connectivity index (χ1) is 10.2. The van der Waals surface area contributed by atoms with Crippen LogP contribution in [0.3, 0.4) is 0 Å². The lowest BCUT2D eigenvalue weighted by molar-refractivity contribution is 0.0782. The molecule has 1 aromatic heterocycles. The fourth-order valence-electron chi connectivity index (χ4n) is 2.78. The maximum absolute atomic E-state index is 12.5. The first-order valence-electron chi connectivity index (χ1n) is 7.51. The van der Waals surface area contributed by atoms with E-state index in [2.05, 4.69) is 30.6 Å². The maximum atomic E-state index is 12.5. The van der Waals surface area contributed by atoms with Gasteiger partial charge in [-0.2, -0.15) is 0 Å². The van der Waals surface area contributed by atoms with Gasteiger partial charge in [0.2, 0.25) is 0 Å². The molecule has 0 saturated carbocycles. The normalized spacial score (nSPS) is 17.9. The molecule has 1 aliphatic heterocycles. The van der Waals surface area contributed by atoms with Gasteiger partial charge < -0.3 is 10.6 Å². The summed E-state index contributed by atoms with van der Waals surface area (Å²) in [6, 6.07) is 4.27. The SMILES string of the molecule is CCN(CC)C1CCN(C(=O)c2ccc(C#CCN)s2)C1. The zero-order valence-corrected chi connectivity index (χ0v) is 13.6. The molecular formula is C16H23N3OS. The van der Waals surface area contributed by atoms with Crippen LogP contribution in [-0.2, 0) is 0 Å². The minimum absolute atomic E-state index is 0.135. The van der Waals surface area contributed by atoms with E-state index in [1.54, 1.807) is 0 Å². The van der Waals surface area contributed by atoms with E-state index in [1.807, 2.05) is 17.0 Å². The fourth-order valence-corrected chi connectivity index (χ4v) is 3.63. The second-order valence-corrected chi connectivity index (χ2v) is 6.17. The highest BCUT2D eigenvalue weighted by atomic mass is 32.1. The quantitative estimate of drug-likeness (QED) is 0.860. The third-order valence-corrected chi connectivity index (χ3v) is 4.90. The molecule has 1 amide bonds. The highest BCUT2D eigenvalue weighted by molar-refractivity contribution is 7.14. The molecule has 1 aliphatic rings. The van der Waals surface area contributed by atoms with Gasteiger partial charge in [0, 0.05) is 19.1 Å². The van der Waals surface area contributed by atoms with Crippen molar-refractivity contribution in [3.05, 3.63) is 21.9 Å². The van der Waals surface area contributed by atoms with Crippen molar-refractivity contribution in [1.82, 2.24) is 9.80 Å². The smallest absolute Gasteiger partial charge is 0.264 e. The third kappa shape index (κ3) is 3.85. The van der Waals surface area contributed by atoms with Crippen LogP contribution >= 0.6 is 11.3 Å². The van der Waals surface area contributed by atoms with Crippen molar-refractivity contribution in [2.24, 2.45) is 5.73 Å². The Morgan fingerprint density at radius 3 is 2.90 bits per heavy atom. The number of carbonyl (C=O) groups excluding carboxylic acids is 1. The molecule has 1 fully saturated rings. The molecule has 0 spiro atoms. The van der Waals surface area contributed by atoms with Crippen molar-refractivity contribution in [3.63, 3.8) is 0 Å². The number of rotatable bonds is 4. The second-order valence-electron chi connectivity index (χ2n) is 5.08. The van der Waals surface area contributed by atoms with E-state index in [9.17, 15) is 4.79 Å². The molecule has 5 heteroatoms. The summed E-state index contributed by atoms with van der Waals surface area (Å²) in [5.74, 6) is 5.93. The van der Waals surface area contributed by atoms with E-state index in [0.29, 0.717) is 12.6 Å². The van der Waals surface area contributed by atoms with Crippen molar-refractivity contribution in [2.45, 2.75) is 26.3 Å². The van der Waals surface area contributed by atoms with Crippen LogP contribution in [0.4, 0.5) is 0 Å². The molecule has 0 aromatic carbocycles. The summed E-state index contributed by atoms with van der Waals surface area (Å²) in [7, 11) is 0. The van der Waals surface area contributed by atoms with Crippen LogP contribution in [0.5, 0.6) is 0 Å². The predicted octanol–water partition coefficient (Wildman–Crippen LogP) is 1.61. The van der Waals surface area contributed by atoms with Crippen LogP contribution in [-0.4, -0.2) is 54.5 Å². The van der Waals surface area contributed by atoms with E-state index in [-0.39, 0.29) is 5.91 Å². The number of nitrogens with zero attached hydrogens (tertiary/aromatic N) is 2. The molecule has 2 N–H and O–H groups in total. The molecule has 1 aromatic rings. The van der Waals surface area contributed by atoms with Crippen molar-refractivity contribution < 1.29 is 4.79 Å². The van der Waals surface area contributed by atoms with Crippen molar-refractivity contribution in [1.29, 1.82) is 0 Å². The summed E-state index contributed by atoms with van der Waals surface area (Å²) < 4.78 is 0. The van der Waals surface area contributed by atoms with Gasteiger partial charge in [-0.15, -0.1) is 11.3 Å². The van der Waals surface area contributed by atoms with Gasteiger partial charge in [0.25, 0.3) is 5.91 Å². The van der Waals surface area contributed by atoms with Crippen LogP contribution in [0.15, 0.2) is 12.1 Å². The Kier molecular flexibility index (Phi) is 5.80. The average Bonchev–Trinajstić information content (AvgIpc) is 3.15. The van der Waals surface area contributed by atoms with E-state index >= 15 is 0 Å². The molecule has 0 bridgehead atoms. The van der Waals surface area contributed by atoms with Gasteiger partial charge in [-0.25, -0.2) is 0 Å². The lowest BCUT2D eigenvalue weighted by Crippen LogP contribution is -2.38. The molecule has 0 aliphatic carbocycles. The van der Waals surface area contributed by atoms with Gasteiger partial charge >= 0.3 is 0 Å². The zero-order valence-electron chi connectivity index (χ0n) is 12.8.